The standard InChI is InChI=1S/C32H44ClN3O7/c1-22-11-13-26(20-27(22)33)35-16-5-7-18-42-29(30(32(40)41)43-21-28(37)38)31(39)36(2)17-6-3-4-15-34-25-14-12-23-9-8-10-24(23)19-25/h11-14,19-20,29-30,34-35H,3-10,15-18,21H2,1-2H3,(H,37,38)(H,40,41). The summed E-state index contributed by atoms with van der Waals surface area (Å²) in [6.45, 7) is 3.03. The van der Waals surface area contributed by atoms with Crippen molar-refractivity contribution in [1.29, 1.82) is 0 Å². The molecule has 0 aliphatic heterocycles. The molecule has 2 aromatic carbocycles. The smallest absolute Gasteiger partial charge is 0.336 e. The van der Waals surface area contributed by atoms with Crippen LogP contribution in [0.3, 0.4) is 0 Å². The first-order chi connectivity index (χ1) is 20.7. The van der Waals surface area contributed by atoms with Gasteiger partial charge in [-0.25, -0.2) is 9.59 Å². The number of likely N-dealkylation sites (N-methyl/N-ethyl adjacent to an activating group) is 1. The fraction of sp³-hybridized carbons (Fsp3) is 0.531. The second kappa shape index (κ2) is 17.7. The predicted octanol–water partition coefficient (Wildman–Crippen LogP) is 5.01. The number of carboxylic acid groups (broad SMARTS) is 2. The van der Waals surface area contributed by atoms with Gasteiger partial charge in [-0.05, 0) is 99.2 Å². The van der Waals surface area contributed by atoms with E-state index in [1.165, 1.54) is 22.4 Å². The Hall–Kier alpha value is -3.34. The molecular weight excluding hydrogens is 574 g/mol. The zero-order chi connectivity index (χ0) is 31.2. The number of hydrogen-bond donors (Lipinski definition) is 4. The normalized spacial score (nSPS) is 13.7. The molecule has 4 N–H and O–H groups in total. The number of aryl methyl sites for hydroxylation is 3. The third-order valence-corrected chi connectivity index (χ3v) is 7.90. The van der Waals surface area contributed by atoms with E-state index >= 15 is 0 Å². The lowest BCUT2D eigenvalue weighted by molar-refractivity contribution is -0.175. The predicted molar refractivity (Wildman–Crippen MR) is 167 cm³/mol. The van der Waals surface area contributed by atoms with E-state index in [4.69, 9.17) is 26.2 Å². The molecule has 2 aromatic rings. The van der Waals surface area contributed by atoms with E-state index in [0.717, 1.165) is 55.6 Å². The Balaban J connectivity index is 1.43. The summed E-state index contributed by atoms with van der Waals surface area (Å²) in [6.07, 6.45) is 4.07. The molecule has 43 heavy (non-hydrogen) atoms. The molecule has 0 saturated carbocycles. The first-order valence-electron chi connectivity index (χ1n) is 14.9. The molecule has 0 saturated heterocycles. The van der Waals surface area contributed by atoms with Crippen LogP contribution in [-0.2, 0) is 36.7 Å². The Morgan fingerprint density at radius 2 is 1.56 bits per heavy atom. The second-order valence-electron chi connectivity index (χ2n) is 10.9. The molecule has 11 heteroatoms. The first-order valence-corrected chi connectivity index (χ1v) is 15.3. The number of halogens is 1. The number of carbonyl (C=O) groups excluding carboxylic acids is 1. The number of aliphatic carboxylic acids is 2. The molecule has 0 radical (unpaired) electrons. The average Bonchev–Trinajstić information content (AvgIpc) is 3.44. The van der Waals surface area contributed by atoms with Gasteiger partial charge in [-0.1, -0.05) is 23.7 Å². The molecule has 1 aliphatic rings. The van der Waals surface area contributed by atoms with Crippen molar-refractivity contribution in [1.82, 2.24) is 4.90 Å². The average molecular weight is 618 g/mol. The zero-order valence-corrected chi connectivity index (χ0v) is 25.8. The molecule has 0 aromatic heterocycles. The lowest BCUT2D eigenvalue weighted by Crippen LogP contribution is -2.50. The Morgan fingerprint density at radius 3 is 2.26 bits per heavy atom. The molecule has 3 rings (SSSR count). The van der Waals surface area contributed by atoms with Gasteiger partial charge in [-0.3, -0.25) is 4.79 Å². The van der Waals surface area contributed by atoms with E-state index in [1.807, 2.05) is 25.1 Å². The molecule has 10 nitrogen and oxygen atoms in total. The van der Waals surface area contributed by atoms with Crippen molar-refractivity contribution in [3.8, 4) is 0 Å². The molecule has 2 unspecified atom stereocenters. The van der Waals surface area contributed by atoms with E-state index in [9.17, 15) is 19.5 Å². The van der Waals surface area contributed by atoms with Crippen LogP contribution in [0.1, 0.15) is 55.2 Å². The van der Waals surface area contributed by atoms with Gasteiger partial charge in [0, 0.05) is 49.7 Å². The Bertz CT molecular complexity index is 1230. The summed E-state index contributed by atoms with van der Waals surface area (Å²) in [5, 5.41) is 26.1. The van der Waals surface area contributed by atoms with E-state index < -0.39 is 36.7 Å². The van der Waals surface area contributed by atoms with Crippen molar-refractivity contribution >= 4 is 40.8 Å². The number of hydrogen-bond acceptors (Lipinski definition) is 7. The molecular formula is C32H44ClN3O7. The van der Waals surface area contributed by atoms with Gasteiger partial charge >= 0.3 is 11.9 Å². The fourth-order valence-corrected chi connectivity index (χ4v) is 5.18. The summed E-state index contributed by atoms with van der Waals surface area (Å²) in [5.74, 6) is -3.34. The fourth-order valence-electron chi connectivity index (χ4n) is 5.00. The highest BCUT2D eigenvalue weighted by molar-refractivity contribution is 6.31. The van der Waals surface area contributed by atoms with Crippen LogP contribution < -0.4 is 10.6 Å². The van der Waals surface area contributed by atoms with Gasteiger partial charge in [0.25, 0.3) is 5.91 Å². The highest BCUT2D eigenvalue weighted by atomic mass is 35.5. The number of amides is 1. The minimum absolute atomic E-state index is 0.106. The topological polar surface area (TPSA) is 137 Å². The van der Waals surface area contributed by atoms with Crippen LogP contribution in [0.4, 0.5) is 11.4 Å². The van der Waals surface area contributed by atoms with E-state index in [1.54, 1.807) is 7.05 Å². The van der Waals surface area contributed by atoms with Gasteiger partial charge in [0.1, 0.15) is 6.61 Å². The van der Waals surface area contributed by atoms with Crippen LogP contribution in [0.2, 0.25) is 5.02 Å². The summed E-state index contributed by atoms with van der Waals surface area (Å²) >= 11 is 6.16. The number of unbranched alkanes of at least 4 members (excludes halogenated alkanes) is 3. The van der Waals surface area contributed by atoms with E-state index in [-0.39, 0.29) is 6.61 Å². The van der Waals surface area contributed by atoms with Gasteiger partial charge < -0.3 is 35.2 Å². The number of benzene rings is 2. The number of nitrogens with one attached hydrogen (secondary N) is 2. The number of carbonyl (C=O) groups is 3. The van der Waals surface area contributed by atoms with Crippen LogP contribution in [0, 0.1) is 6.92 Å². The second-order valence-corrected chi connectivity index (χ2v) is 11.3. The maximum atomic E-state index is 13.3. The van der Waals surface area contributed by atoms with Crippen LogP contribution in [0.5, 0.6) is 0 Å². The molecule has 0 spiro atoms. The number of carboxylic acids is 2. The van der Waals surface area contributed by atoms with E-state index in [0.29, 0.717) is 31.0 Å². The van der Waals surface area contributed by atoms with Crippen molar-refractivity contribution in [3.63, 3.8) is 0 Å². The number of fused-ring (bicyclic) bond motifs is 1. The molecule has 1 amide bonds. The molecule has 236 valence electrons. The molecule has 2 atom stereocenters. The first kappa shape index (κ1) is 34.2. The Kier molecular flexibility index (Phi) is 14.1. The van der Waals surface area contributed by atoms with Crippen molar-refractivity contribution in [2.24, 2.45) is 0 Å². The van der Waals surface area contributed by atoms with Gasteiger partial charge in [0.15, 0.2) is 12.2 Å². The minimum Gasteiger partial charge on any atom is -0.480 e. The van der Waals surface area contributed by atoms with Gasteiger partial charge in [0.2, 0.25) is 0 Å². The lowest BCUT2D eigenvalue weighted by atomic mass is 10.1. The summed E-state index contributed by atoms with van der Waals surface area (Å²) in [5.41, 5.74) is 5.88. The number of anilines is 2. The minimum atomic E-state index is -1.74. The van der Waals surface area contributed by atoms with Crippen LogP contribution in [0.25, 0.3) is 0 Å². The Labute approximate surface area is 258 Å². The third kappa shape index (κ3) is 11.3. The number of nitrogens with zero attached hydrogens (tertiary/aromatic N) is 1. The summed E-state index contributed by atoms with van der Waals surface area (Å²) in [4.78, 5) is 37.7. The third-order valence-electron chi connectivity index (χ3n) is 7.49. The summed E-state index contributed by atoms with van der Waals surface area (Å²) in [6, 6.07) is 12.3. The van der Waals surface area contributed by atoms with Gasteiger partial charge in [-0.2, -0.15) is 0 Å². The molecule has 0 bridgehead atoms. The summed E-state index contributed by atoms with van der Waals surface area (Å²) in [7, 11) is 1.59. The highest BCUT2D eigenvalue weighted by Gasteiger charge is 2.37. The number of rotatable bonds is 20. The van der Waals surface area contributed by atoms with Crippen LogP contribution >= 0.6 is 11.6 Å². The van der Waals surface area contributed by atoms with Crippen molar-refractivity contribution in [2.75, 3.05) is 50.5 Å². The van der Waals surface area contributed by atoms with Crippen molar-refractivity contribution in [3.05, 3.63) is 58.1 Å². The van der Waals surface area contributed by atoms with Crippen LogP contribution in [0.15, 0.2) is 36.4 Å². The molecule has 1 aliphatic carbocycles. The van der Waals surface area contributed by atoms with Gasteiger partial charge in [-0.15, -0.1) is 0 Å². The largest absolute Gasteiger partial charge is 0.480 e. The Morgan fingerprint density at radius 1 is 0.884 bits per heavy atom. The van der Waals surface area contributed by atoms with E-state index in [2.05, 4.69) is 28.8 Å². The SMILES string of the molecule is Cc1ccc(NCCCCOC(C(=O)N(C)CCCCCNc2ccc3c(c2)CCC3)C(OCC(=O)O)C(=O)O)cc1Cl. The summed E-state index contributed by atoms with van der Waals surface area (Å²) < 4.78 is 10.8. The maximum absolute atomic E-state index is 13.3. The van der Waals surface area contributed by atoms with Gasteiger partial charge in [0.05, 0.1) is 0 Å². The quantitative estimate of drug-likeness (QED) is 0.151. The van der Waals surface area contributed by atoms with Crippen molar-refractivity contribution < 1.29 is 34.1 Å². The zero-order valence-electron chi connectivity index (χ0n) is 25.1. The van der Waals surface area contributed by atoms with Crippen LogP contribution in [-0.4, -0.2) is 85.1 Å². The molecule has 0 fully saturated rings. The molecule has 0 heterocycles. The maximum Gasteiger partial charge on any atom is 0.336 e. The number of ether oxygens (including phenoxy) is 2. The monoisotopic (exact) mass is 617 g/mol. The highest BCUT2D eigenvalue weighted by Crippen LogP contribution is 2.25. The van der Waals surface area contributed by atoms with Crippen molar-refractivity contribution in [2.45, 2.75) is 70.5 Å². The lowest BCUT2D eigenvalue weighted by Gasteiger charge is -2.27.